The van der Waals surface area contributed by atoms with Gasteiger partial charge in [-0.15, -0.1) is 0 Å². The van der Waals surface area contributed by atoms with Crippen LogP contribution in [0.25, 0.3) is 0 Å². The van der Waals surface area contributed by atoms with Gasteiger partial charge in [0.1, 0.15) is 0 Å². The SMILES string of the molecule is COC[C@H](O)CCNC(=O)Nc1ccc(Br)c(C)c1F. The highest BCUT2D eigenvalue weighted by Crippen LogP contribution is 2.24. The van der Waals surface area contributed by atoms with Crippen LogP contribution in [0.4, 0.5) is 14.9 Å². The first kappa shape index (κ1) is 16.9. The monoisotopic (exact) mass is 348 g/mol. The van der Waals surface area contributed by atoms with E-state index in [-0.39, 0.29) is 18.8 Å². The van der Waals surface area contributed by atoms with E-state index in [4.69, 9.17) is 4.74 Å². The smallest absolute Gasteiger partial charge is 0.319 e. The number of amides is 2. The molecule has 1 rings (SSSR count). The van der Waals surface area contributed by atoms with Crippen molar-refractivity contribution in [2.45, 2.75) is 19.4 Å². The summed E-state index contributed by atoms with van der Waals surface area (Å²) in [6.07, 6.45) is -0.268. The molecule has 112 valence electrons. The molecule has 20 heavy (non-hydrogen) atoms. The van der Waals surface area contributed by atoms with Crippen LogP contribution in [0, 0.1) is 12.7 Å². The molecule has 0 radical (unpaired) electrons. The molecule has 0 bridgehead atoms. The number of hydrogen-bond donors (Lipinski definition) is 3. The van der Waals surface area contributed by atoms with Crippen molar-refractivity contribution in [1.82, 2.24) is 5.32 Å². The van der Waals surface area contributed by atoms with Crippen molar-refractivity contribution in [2.75, 3.05) is 25.6 Å². The predicted octanol–water partition coefficient (Wildman–Crippen LogP) is 2.42. The third kappa shape index (κ3) is 5.07. The van der Waals surface area contributed by atoms with Gasteiger partial charge in [0, 0.05) is 23.7 Å². The van der Waals surface area contributed by atoms with Crippen LogP contribution in [0.5, 0.6) is 0 Å². The molecular weight excluding hydrogens is 331 g/mol. The molecule has 2 amide bonds. The lowest BCUT2D eigenvalue weighted by molar-refractivity contribution is 0.0599. The normalized spacial score (nSPS) is 12.1. The Kier molecular flexibility index (Phi) is 6.90. The topological polar surface area (TPSA) is 70.6 Å². The fourth-order valence-corrected chi connectivity index (χ4v) is 1.86. The summed E-state index contributed by atoms with van der Waals surface area (Å²) in [4.78, 5) is 11.6. The lowest BCUT2D eigenvalue weighted by Crippen LogP contribution is -2.32. The molecule has 0 spiro atoms. The minimum atomic E-state index is -0.632. The Balaban J connectivity index is 2.45. The summed E-state index contributed by atoms with van der Waals surface area (Å²) in [5, 5.41) is 14.4. The van der Waals surface area contributed by atoms with Crippen LogP contribution in [-0.2, 0) is 4.74 Å². The molecule has 0 aliphatic carbocycles. The molecular formula is C13H18BrFN2O3. The van der Waals surface area contributed by atoms with Crippen molar-refractivity contribution in [3.8, 4) is 0 Å². The standard InChI is InChI=1S/C13H18BrFN2O3/c1-8-10(14)3-4-11(12(8)15)17-13(19)16-6-5-9(18)7-20-2/h3-4,9,18H,5-7H2,1-2H3,(H2,16,17,19)/t9-/m1/s1. The number of halogens is 2. The van der Waals surface area contributed by atoms with Gasteiger partial charge >= 0.3 is 6.03 Å². The first-order valence-corrected chi connectivity index (χ1v) is 6.91. The average Bonchev–Trinajstić information content (AvgIpc) is 2.40. The number of hydrogen-bond acceptors (Lipinski definition) is 3. The van der Waals surface area contributed by atoms with E-state index in [2.05, 4.69) is 26.6 Å². The van der Waals surface area contributed by atoms with Crippen molar-refractivity contribution in [1.29, 1.82) is 0 Å². The van der Waals surface area contributed by atoms with Gasteiger partial charge in [-0.25, -0.2) is 9.18 Å². The highest BCUT2D eigenvalue weighted by Gasteiger charge is 2.11. The Morgan fingerprint density at radius 3 is 2.90 bits per heavy atom. The number of anilines is 1. The molecule has 0 aromatic heterocycles. The summed E-state index contributed by atoms with van der Waals surface area (Å²) >= 11 is 3.21. The Bertz CT molecular complexity index is 471. The number of carbonyl (C=O) groups excluding carboxylic acids is 1. The minimum absolute atomic E-state index is 0.112. The van der Waals surface area contributed by atoms with Crippen molar-refractivity contribution < 1.29 is 19.0 Å². The third-order valence-electron chi connectivity index (χ3n) is 2.69. The number of nitrogens with one attached hydrogen (secondary N) is 2. The highest BCUT2D eigenvalue weighted by atomic mass is 79.9. The fraction of sp³-hybridized carbons (Fsp3) is 0.462. The molecule has 0 heterocycles. The van der Waals surface area contributed by atoms with Gasteiger partial charge in [0.2, 0.25) is 0 Å². The van der Waals surface area contributed by atoms with Crippen LogP contribution < -0.4 is 10.6 Å². The van der Waals surface area contributed by atoms with Crippen LogP contribution in [0.3, 0.4) is 0 Å². The van der Waals surface area contributed by atoms with Crippen LogP contribution in [0.1, 0.15) is 12.0 Å². The van der Waals surface area contributed by atoms with Gasteiger partial charge in [-0.2, -0.15) is 0 Å². The van der Waals surface area contributed by atoms with E-state index in [9.17, 15) is 14.3 Å². The molecule has 1 aromatic rings. The number of methoxy groups -OCH3 is 1. The van der Waals surface area contributed by atoms with Gasteiger partial charge in [-0.1, -0.05) is 15.9 Å². The van der Waals surface area contributed by atoms with Gasteiger partial charge < -0.3 is 20.5 Å². The fourth-order valence-electron chi connectivity index (χ4n) is 1.55. The van der Waals surface area contributed by atoms with E-state index in [0.717, 1.165) is 0 Å². The summed E-state index contributed by atoms with van der Waals surface area (Å²) in [6, 6.07) is 2.62. The lowest BCUT2D eigenvalue weighted by atomic mass is 10.2. The minimum Gasteiger partial charge on any atom is -0.391 e. The Morgan fingerprint density at radius 2 is 2.25 bits per heavy atom. The predicted molar refractivity (Wildman–Crippen MR) is 78.4 cm³/mol. The summed E-state index contributed by atoms with van der Waals surface area (Å²) in [7, 11) is 1.49. The highest BCUT2D eigenvalue weighted by molar-refractivity contribution is 9.10. The van der Waals surface area contributed by atoms with E-state index in [1.807, 2.05) is 0 Å². The zero-order chi connectivity index (χ0) is 15.1. The van der Waals surface area contributed by atoms with Crippen LogP contribution in [0.15, 0.2) is 16.6 Å². The molecule has 0 saturated heterocycles. The summed E-state index contributed by atoms with van der Waals surface area (Å²) in [5.74, 6) is -0.478. The molecule has 0 unspecified atom stereocenters. The number of rotatable bonds is 6. The van der Waals surface area contributed by atoms with Gasteiger partial charge in [0.25, 0.3) is 0 Å². The second-order valence-corrected chi connectivity index (χ2v) is 5.17. The number of aliphatic hydroxyl groups excluding tert-OH is 1. The maximum atomic E-state index is 13.8. The van der Waals surface area contributed by atoms with Crippen LogP contribution >= 0.6 is 15.9 Å². The van der Waals surface area contributed by atoms with Gasteiger partial charge in [0.15, 0.2) is 5.82 Å². The molecule has 0 aliphatic rings. The van der Waals surface area contributed by atoms with Crippen LogP contribution in [-0.4, -0.2) is 37.5 Å². The summed E-state index contributed by atoms with van der Waals surface area (Å²) < 4.78 is 19.3. The van der Waals surface area contributed by atoms with Crippen molar-refractivity contribution >= 4 is 27.6 Å². The number of carbonyl (C=O) groups is 1. The molecule has 1 atom stereocenters. The number of urea groups is 1. The first-order chi connectivity index (χ1) is 9.45. The molecule has 0 saturated carbocycles. The van der Waals surface area contributed by atoms with Crippen molar-refractivity contribution in [3.63, 3.8) is 0 Å². The third-order valence-corrected chi connectivity index (χ3v) is 3.55. The Hall–Kier alpha value is -1.18. The summed E-state index contributed by atoms with van der Waals surface area (Å²) in [6.45, 7) is 2.10. The number of aliphatic hydroxyl groups is 1. The maximum absolute atomic E-state index is 13.8. The molecule has 0 fully saturated rings. The van der Waals surface area contributed by atoms with E-state index in [1.165, 1.54) is 13.2 Å². The molecule has 1 aromatic carbocycles. The van der Waals surface area contributed by atoms with E-state index in [1.54, 1.807) is 13.0 Å². The zero-order valence-corrected chi connectivity index (χ0v) is 13.0. The largest absolute Gasteiger partial charge is 0.391 e. The molecule has 7 heteroatoms. The van der Waals surface area contributed by atoms with Crippen molar-refractivity contribution in [2.24, 2.45) is 0 Å². The summed E-state index contributed by atoms with van der Waals surface area (Å²) in [5.41, 5.74) is 0.541. The van der Waals surface area contributed by atoms with E-state index in [0.29, 0.717) is 16.5 Å². The van der Waals surface area contributed by atoms with E-state index >= 15 is 0 Å². The molecule has 3 N–H and O–H groups in total. The number of ether oxygens (including phenoxy) is 1. The zero-order valence-electron chi connectivity index (χ0n) is 11.4. The Labute approximate surface area is 125 Å². The van der Waals surface area contributed by atoms with E-state index < -0.39 is 18.0 Å². The average molecular weight is 349 g/mol. The first-order valence-electron chi connectivity index (χ1n) is 6.12. The second-order valence-electron chi connectivity index (χ2n) is 4.31. The second kappa shape index (κ2) is 8.18. The van der Waals surface area contributed by atoms with Gasteiger partial charge in [-0.05, 0) is 25.5 Å². The molecule has 5 nitrogen and oxygen atoms in total. The number of benzene rings is 1. The lowest BCUT2D eigenvalue weighted by Gasteiger charge is -2.12. The van der Waals surface area contributed by atoms with Crippen molar-refractivity contribution in [3.05, 3.63) is 28.0 Å². The Morgan fingerprint density at radius 1 is 1.55 bits per heavy atom. The quantitative estimate of drug-likeness (QED) is 0.739. The van der Waals surface area contributed by atoms with Gasteiger partial charge in [0.05, 0.1) is 18.4 Å². The van der Waals surface area contributed by atoms with Crippen LogP contribution in [0.2, 0.25) is 0 Å². The molecule has 0 aliphatic heterocycles. The maximum Gasteiger partial charge on any atom is 0.319 e. The van der Waals surface area contributed by atoms with Gasteiger partial charge in [-0.3, -0.25) is 0 Å².